The highest BCUT2D eigenvalue weighted by Crippen LogP contribution is 2.12. The molecule has 0 spiro atoms. The van der Waals surface area contributed by atoms with Crippen LogP contribution in [-0.4, -0.2) is 39.7 Å². The molecular formula is C11H21N3O3S. The van der Waals surface area contributed by atoms with Crippen LogP contribution in [0.5, 0.6) is 0 Å². The van der Waals surface area contributed by atoms with E-state index < -0.39 is 15.6 Å². The smallest absolute Gasteiger partial charge is 0.242 e. The highest BCUT2D eigenvalue weighted by Gasteiger charge is 2.22. The predicted octanol–water partition coefficient (Wildman–Crippen LogP) is 0.437. The Labute approximate surface area is 108 Å². The molecule has 0 unspecified atom stereocenters. The summed E-state index contributed by atoms with van der Waals surface area (Å²) < 4.78 is 31.7. The van der Waals surface area contributed by atoms with Gasteiger partial charge in [-0.25, -0.2) is 13.1 Å². The van der Waals surface area contributed by atoms with E-state index in [4.69, 9.17) is 4.74 Å². The highest BCUT2D eigenvalue weighted by molar-refractivity contribution is 7.89. The zero-order valence-electron chi connectivity index (χ0n) is 11.2. The fraction of sp³-hybridized carbons (Fsp3) is 0.636. The molecular weight excluding hydrogens is 254 g/mol. The maximum absolute atomic E-state index is 12.0. The number of hydrogen-bond donors (Lipinski definition) is 3. The lowest BCUT2D eigenvalue weighted by molar-refractivity contribution is 0.0276. The summed E-state index contributed by atoms with van der Waals surface area (Å²) >= 11 is 0. The number of H-pyrrole nitrogens is 1. The third-order valence-corrected chi connectivity index (χ3v) is 4.02. The van der Waals surface area contributed by atoms with Gasteiger partial charge in [0, 0.05) is 32.1 Å². The summed E-state index contributed by atoms with van der Waals surface area (Å²) in [4.78, 5) is 3.15. The molecule has 7 heteroatoms. The molecule has 18 heavy (non-hydrogen) atoms. The van der Waals surface area contributed by atoms with Gasteiger partial charge in [-0.15, -0.1) is 0 Å². The zero-order valence-corrected chi connectivity index (χ0v) is 12.0. The van der Waals surface area contributed by atoms with E-state index in [1.807, 2.05) is 13.8 Å². The normalized spacial score (nSPS) is 12.9. The second-order valence-corrected chi connectivity index (χ2v) is 6.45. The number of methoxy groups -OCH3 is 1. The van der Waals surface area contributed by atoms with E-state index in [9.17, 15) is 8.42 Å². The van der Waals surface area contributed by atoms with Crippen LogP contribution in [0.2, 0.25) is 0 Å². The lowest BCUT2D eigenvalue weighted by atomic mass is 10.1. The van der Waals surface area contributed by atoms with Gasteiger partial charge >= 0.3 is 0 Å². The molecule has 1 aromatic heterocycles. The van der Waals surface area contributed by atoms with Crippen LogP contribution in [0, 0.1) is 0 Å². The van der Waals surface area contributed by atoms with Crippen molar-refractivity contribution >= 4 is 10.0 Å². The molecule has 0 aliphatic rings. The Bertz CT molecular complexity index is 479. The van der Waals surface area contributed by atoms with Crippen LogP contribution in [0.25, 0.3) is 0 Å². The molecule has 1 heterocycles. The highest BCUT2D eigenvalue weighted by atomic mass is 32.2. The Morgan fingerprint density at radius 3 is 2.67 bits per heavy atom. The third kappa shape index (κ3) is 4.09. The van der Waals surface area contributed by atoms with Crippen molar-refractivity contribution in [3.05, 3.63) is 18.0 Å². The van der Waals surface area contributed by atoms with Crippen LogP contribution >= 0.6 is 0 Å². The second kappa shape index (κ2) is 5.83. The van der Waals surface area contributed by atoms with E-state index in [1.54, 1.807) is 20.2 Å². The molecule has 3 N–H and O–H groups in total. The summed E-state index contributed by atoms with van der Waals surface area (Å²) in [6.07, 6.45) is 1.48. The number of nitrogens with one attached hydrogen (secondary N) is 3. The van der Waals surface area contributed by atoms with Gasteiger partial charge in [-0.1, -0.05) is 0 Å². The van der Waals surface area contributed by atoms with Gasteiger partial charge in [0.05, 0.1) is 10.5 Å². The molecule has 1 rings (SSSR count). The molecule has 0 aromatic carbocycles. The SMILES string of the molecule is CNCc1cc(S(=O)(=O)NCC(C)(C)OC)c[nH]1. The Hall–Kier alpha value is -0.890. The standard InChI is InChI=1S/C11H21N3O3S/c1-11(2,17-4)8-14-18(15,16)10-5-9(6-12-3)13-7-10/h5,7,12-14H,6,8H2,1-4H3. The minimum atomic E-state index is -3.49. The van der Waals surface area contributed by atoms with E-state index in [2.05, 4.69) is 15.0 Å². The second-order valence-electron chi connectivity index (χ2n) is 4.68. The fourth-order valence-corrected chi connectivity index (χ4v) is 2.51. The number of ether oxygens (including phenoxy) is 1. The predicted molar refractivity (Wildman–Crippen MR) is 69.8 cm³/mol. The van der Waals surface area contributed by atoms with Gasteiger partial charge in [0.1, 0.15) is 0 Å². The van der Waals surface area contributed by atoms with Gasteiger partial charge < -0.3 is 15.0 Å². The first kappa shape index (κ1) is 15.2. The maximum Gasteiger partial charge on any atom is 0.242 e. The molecule has 1 aromatic rings. The third-order valence-electron chi connectivity index (χ3n) is 2.63. The Balaban J connectivity index is 2.74. The molecule has 6 nitrogen and oxygen atoms in total. The monoisotopic (exact) mass is 275 g/mol. The van der Waals surface area contributed by atoms with Gasteiger partial charge in [-0.2, -0.15) is 0 Å². The number of hydrogen-bond acceptors (Lipinski definition) is 4. The van der Waals surface area contributed by atoms with Crippen LogP contribution in [0.3, 0.4) is 0 Å². The van der Waals surface area contributed by atoms with Crippen LogP contribution in [0.15, 0.2) is 17.2 Å². The molecule has 0 fully saturated rings. The lowest BCUT2D eigenvalue weighted by Gasteiger charge is -2.22. The van der Waals surface area contributed by atoms with Crippen LogP contribution in [0.4, 0.5) is 0 Å². The van der Waals surface area contributed by atoms with Gasteiger partial charge in [0.15, 0.2) is 0 Å². The zero-order chi connectivity index (χ0) is 13.8. The molecule has 104 valence electrons. The minimum Gasteiger partial charge on any atom is -0.377 e. The van der Waals surface area contributed by atoms with Crippen molar-refractivity contribution < 1.29 is 13.2 Å². The van der Waals surface area contributed by atoms with Gasteiger partial charge in [-0.05, 0) is 27.0 Å². The summed E-state index contributed by atoms with van der Waals surface area (Å²) in [5.74, 6) is 0. The van der Waals surface area contributed by atoms with E-state index in [0.29, 0.717) is 6.54 Å². The van der Waals surface area contributed by atoms with Crippen molar-refractivity contribution in [2.24, 2.45) is 0 Å². The maximum atomic E-state index is 12.0. The van der Waals surface area contributed by atoms with Gasteiger partial charge in [0.25, 0.3) is 0 Å². The Kier molecular flexibility index (Phi) is 4.92. The van der Waals surface area contributed by atoms with Crippen LogP contribution < -0.4 is 10.0 Å². The molecule has 0 atom stereocenters. The molecule has 0 saturated carbocycles. The molecule has 0 amide bonds. The summed E-state index contributed by atoms with van der Waals surface area (Å²) in [6, 6.07) is 1.61. The van der Waals surface area contributed by atoms with Crippen LogP contribution in [0.1, 0.15) is 19.5 Å². The topological polar surface area (TPSA) is 83.2 Å². The first-order valence-corrected chi connectivity index (χ1v) is 7.16. The lowest BCUT2D eigenvalue weighted by Crippen LogP contribution is -2.39. The average molecular weight is 275 g/mol. The first-order valence-electron chi connectivity index (χ1n) is 5.67. The minimum absolute atomic E-state index is 0.221. The van der Waals surface area contributed by atoms with Crippen molar-refractivity contribution in [1.29, 1.82) is 0 Å². The number of sulfonamides is 1. The molecule has 0 aliphatic carbocycles. The molecule has 0 aliphatic heterocycles. The summed E-state index contributed by atoms with van der Waals surface area (Å²) in [6.45, 7) is 4.45. The van der Waals surface area contributed by atoms with Crippen molar-refractivity contribution in [3.8, 4) is 0 Å². The molecule has 0 radical (unpaired) electrons. The average Bonchev–Trinajstić information content (AvgIpc) is 2.77. The van der Waals surface area contributed by atoms with Crippen LogP contribution in [-0.2, 0) is 21.3 Å². The summed E-state index contributed by atoms with van der Waals surface area (Å²) in [5, 5.41) is 2.95. The Morgan fingerprint density at radius 2 is 2.11 bits per heavy atom. The quantitative estimate of drug-likeness (QED) is 0.674. The van der Waals surface area contributed by atoms with E-state index in [1.165, 1.54) is 6.20 Å². The van der Waals surface area contributed by atoms with Crippen molar-refractivity contribution in [1.82, 2.24) is 15.0 Å². The van der Waals surface area contributed by atoms with Crippen molar-refractivity contribution in [3.63, 3.8) is 0 Å². The van der Waals surface area contributed by atoms with E-state index in [0.717, 1.165) is 5.69 Å². The van der Waals surface area contributed by atoms with Crippen molar-refractivity contribution in [2.45, 2.75) is 30.9 Å². The molecule has 0 bridgehead atoms. The fourth-order valence-electron chi connectivity index (χ4n) is 1.29. The summed E-state index contributed by atoms with van der Waals surface area (Å²) in [7, 11) is -0.139. The first-order chi connectivity index (χ1) is 8.30. The number of aromatic amines is 1. The Morgan fingerprint density at radius 1 is 1.44 bits per heavy atom. The van der Waals surface area contributed by atoms with Crippen molar-refractivity contribution in [2.75, 3.05) is 20.7 Å². The number of rotatable bonds is 7. The van der Waals surface area contributed by atoms with Gasteiger partial charge in [-0.3, -0.25) is 0 Å². The van der Waals surface area contributed by atoms with Gasteiger partial charge in [0.2, 0.25) is 10.0 Å². The summed E-state index contributed by atoms with van der Waals surface area (Å²) in [5.41, 5.74) is 0.292. The van der Waals surface area contributed by atoms with E-state index >= 15 is 0 Å². The van der Waals surface area contributed by atoms with E-state index in [-0.39, 0.29) is 11.4 Å². The molecule has 0 saturated heterocycles. The number of aromatic nitrogens is 1. The largest absolute Gasteiger partial charge is 0.377 e.